The van der Waals surface area contributed by atoms with Crippen molar-refractivity contribution in [2.75, 3.05) is 12.5 Å². The number of halogens is 2. The summed E-state index contributed by atoms with van der Waals surface area (Å²) in [6.45, 7) is 0.939. The first kappa shape index (κ1) is 22.3. The Morgan fingerprint density at radius 2 is 1.58 bits per heavy atom. The Hall–Kier alpha value is 0.210. The zero-order valence-electron chi connectivity index (χ0n) is 15.0. The Morgan fingerprint density at radius 3 is 2.17 bits per heavy atom. The van der Waals surface area contributed by atoms with E-state index in [0.29, 0.717) is 12.0 Å². The molecule has 0 bridgehead atoms. The molecule has 0 aromatic heterocycles. The number of carbonyl (C=O) groups excluding carboxylic acids is 1. The molecule has 0 heterocycles. The summed E-state index contributed by atoms with van der Waals surface area (Å²) in [4.78, 5) is 10.8. The summed E-state index contributed by atoms with van der Waals surface area (Å²) < 4.78 is 5.93. The van der Waals surface area contributed by atoms with Crippen LogP contribution in [0.5, 0.6) is 0 Å². The van der Waals surface area contributed by atoms with Gasteiger partial charge in [0.15, 0.2) is 0 Å². The molecule has 0 N–H and O–H groups in total. The monoisotopic (exact) mass is 376 g/mol. The normalized spacial score (nSPS) is 18.4. The lowest BCUT2D eigenvalue weighted by atomic mass is 9.98. The predicted molar refractivity (Wildman–Crippen MR) is 104 cm³/mol. The van der Waals surface area contributed by atoms with Crippen molar-refractivity contribution in [2.24, 2.45) is 5.92 Å². The summed E-state index contributed by atoms with van der Waals surface area (Å²) in [5, 5.41) is -0.266. The largest absolute Gasteiger partial charge is 0.378 e. The highest BCUT2D eigenvalue weighted by atomic mass is 35.5. The van der Waals surface area contributed by atoms with Gasteiger partial charge in [-0.25, -0.2) is 0 Å². The maximum Gasteiger partial charge on any atom is 0.203 e. The van der Waals surface area contributed by atoms with Gasteiger partial charge in [0.25, 0.3) is 0 Å². The van der Waals surface area contributed by atoms with Crippen LogP contribution in [0.1, 0.15) is 83.5 Å². The third-order valence-corrected chi connectivity index (χ3v) is 5.83. The molecule has 0 aliphatic heterocycles. The molecular formula is C20H34Cl2O2. The van der Waals surface area contributed by atoms with Crippen molar-refractivity contribution in [1.82, 2.24) is 0 Å². The Morgan fingerprint density at radius 1 is 1.00 bits per heavy atom. The molecule has 1 rings (SSSR count). The minimum atomic E-state index is -0.266. The summed E-state index contributed by atoms with van der Waals surface area (Å²) in [5.41, 5.74) is 0. The first-order chi connectivity index (χ1) is 11.8. The molecular weight excluding hydrogens is 343 g/mol. The van der Waals surface area contributed by atoms with E-state index in [-0.39, 0.29) is 11.3 Å². The molecule has 24 heavy (non-hydrogen) atoms. The van der Waals surface area contributed by atoms with Gasteiger partial charge < -0.3 is 4.74 Å². The summed E-state index contributed by atoms with van der Waals surface area (Å²) >= 11 is 11.7. The van der Waals surface area contributed by atoms with Gasteiger partial charge >= 0.3 is 0 Å². The molecule has 1 aliphatic carbocycles. The fraction of sp³-hybridized carbons (Fsp3) is 0.900. The first-order valence-electron chi connectivity index (χ1n) is 9.79. The second kappa shape index (κ2) is 15.5. The molecule has 0 aromatic rings. The smallest absolute Gasteiger partial charge is 0.203 e. The van der Waals surface area contributed by atoms with Gasteiger partial charge in [-0.3, -0.25) is 4.79 Å². The lowest BCUT2D eigenvalue weighted by Crippen LogP contribution is -2.17. The summed E-state index contributed by atoms with van der Waals surface area (Å²) in [6, 6.07) is 0. The molecule has 2 atom stereocenters. The molecule has 1 saturated carbocycles. The van der Waals surface area contributed by atoms with E-state index < -0.39 is 0 Å². The number of ether oxygens (including phenoxy) is 1. The van der Waals surface area contributed by atoms with Gasteiger partial charge in [-0.05, 0) is 44.9 Å². The fourth-order valence-corrected chi connectivity index (χ4v) is 3.65. The van der Waals surface area contributed by atoms with E-state index in [1.807, 2.05) is 6.29 Å². The second-order valence-electron chi connectivity index (χ2n) is 6.95. The molecule has 140 valence electrons. The van der Waals surface area contributed by atoms with Gasteiger partial charge in [-0.2, -0.15) is 0 Å². The highest BCUT2D eigenvalue weighted by Crippen LogP contribution is 2.20. The maximum atomic E-state index is 10.8. The molecule has 0 saturated heterocycles. The van der Waals surface area contributed by atoms with Crippen molar-refractivity contribution in [1.29, 1.82) is 0 Å². The second-order valence-corrected chi connectivity index (χ2v) is 7.82. The van der Waals surface area contributed by atoms with E-state index >= 15 is 0 Å². The topological polar surface area (TPSA) is 26.3 Å². The Balaban J connectivity index is 1.81. The van der Waals surface area contributed by atoms with Gasteiger partial charge in [-0.1, -0.05) is 44.9 Å². The van der Waals surface area contributed by atoms with E-state index in [2.05, 4.69) is 6.42 Å². The highest BCUT2D eigenvalue weighted by Gasteiger charge is 2.18. The zero-order chi connectivity index (χ0) is 17.5. The minimum absolute atomic E-state index is 0.203. The van der Waals surface area contributed by atoms with Crippen LogP contribution in [-0.4, -0.2) is 30.3 Å². The summed E-state index contributed by atoms with van der Waals surface area (Å²) in [7, 11) is 0. The van der Waals surface area contributed by atoms with Gasteiger partial charge in [0.05, 0.1) is 11.5 Å². The third-order valence-electron chi connectivity index (χ3n) is 4.88. The van der Waals surface area contributed by atoms with E-state index in [9.17, 15) is 4.79 Å². The third kappa shape index (κ3) is 10.9. The SMILES string of the molecule is O=[C]C(CCCCCCCCCCOC1CC[CH]CC1)C(Cl)CCl. The molecule has 2 radical (unpaired) electrons. The van der Waals surface area contributed by atoms with Crippen LogP contribution in [0, 0.1) is 12.3 Å². The van der Waals surface area contributed by atoms with Crippen LogP contribution >= 0.6 is 23.2 Å². The van der Waals surface area contributed by atoms with Crippen LogP contribution in [0.3, 0.4) is 0 Å². The van der Waals surface area contributed by atoms with Gasteiger partial charge in [0, 0.05) is 18.4 Å². The van der Waals surface area contributed by atoms with Gasteiger partial charge in [-0.15, -0.1) is 23.2 Å². The van der Waals surface area contributed by atoms with Crippen LogP contribution in [0.2, 0.25) is 0 Å². The van der Waals surface area contributed by atoms with Crippen LogP contribution < -0.4 is 0 Å². The lowest BCUT2D eigenvalue weighted by Gasteiger charge is -2.21. The maximum absolute atomic E-state index is 10.8. The van der Waals surface area contributed by atoms with Crippen LogP contribution in [0.4, 0.5) is 0 Å². The average molecular weight is 377 g/mol. The number of rotatable bonds is 15. The number of unbranched alkanes of at least 4 members (excludes halogenated alkanes) is 7. The molecule has 0 aromatic carbocycles. The van der Waals surface area contributed by atoms with Crippen molar-refractivity contribution in [3.05, 3.63) is 6.42 Å². The quantitative estimate of drug-likeness (QED) is 0.250. The fourth-order valence-electron chi connectivity index (χ4n) is 3.26. The molecule has 1 aliphatic rings. The van der Waals surface area contributed by atoms with Crippen molar-refractivity contribution >= 4 is 29.5 Å². The zero-order valence-corrected chi connectivity index (χ0v) is 16.5. The lowest BCUT2D eigenvalue weighted by molar-refractivity contribution is 0.0326. The molecule has 4 heteroatoms. The molecule has 0 amide bonds. The van der Waals surface area contributed by atoms with E-state index in [1.54, 1.807) is 0 Å². The average Bonchev–Trinajstić information content (AvgIpc) is 2.63. The minimum Gasteiger partial charge on any atom is -0.378 e. The molecule has 0 spiro atoms. The van der Waals surface area contributed by atoms with Crippen molar-refractivity contribution in [3.8, 4) is 0 Å². The first-order valence-corrected chi connectivity index (χ1v) is 10.8. The van der Waals surface area contributed by atoms with Crippen molar-refractivity contribution in [2.45, 2.75) is 95.0 Å². The summed E-state index contributed by atoms with van der Waals surface area (Å²) in [6.07, 6.45) is 20.5. The van der Waals surface area contributed by atoms with E-state index in [0.717, 1.165) is 19.4 Å². The Bertz CT molecular complexity index is 293. The molecule has 2 unspecified atom stereocenters. The van der Waals surface area contributed by atoms with E-state index in [1.165, 1.54) is 70.6 Å². The number of alkyl halides is 2. The Labute approximate surface area is 159 Å². The van der Waals surface area contributed by atoms with Crippen molar-refractivity contribution in [3.63, 3.8) is 0 Å². The number of hydrogen-bond donors (Lipinski definition) is 0. The highest BCUT2D eigenvalue weighted by molar-refractivity contribution is 6.28. The standard InChI is InChI=1S/C20H34Cl2O2/c21-16-20(22)18(17-23)12-8-5-3-1-2-4-6-11-15-24-19-13-9-7-10-14-19/h7,18-20H,1-6,8-16H2. The summed E-state index contributed by atoms with van der Waals surface area (Å²) in [5.74, 6) is 0.121. The van der Waals surface area contributed by atoms with Crippen LogP contribution in [0.25, 0.3) is 0 Å². The molecule has 1 fully saturated rings. The predicted octanol–water partition coefficient (Wildman–Crippen LogP) is 6.23. The van der Waals surface area contributed by atoms with Gasteiger partial charge in [0.2, 0.25) is 6.29 Å². The van der Waals surface area contributed by atoms with Crippen molar-refractivity contribution < 1.29 is 9.53 Å². The van der Waals surface area contributed by atoms with E-state index in [4.69, 9.17) is 27.9 Å². The molecule has 2 nitrogen and oxygen atoms in total. The van der Waals surface area contributed by atoms with Crippen LogP contribution in [-0.2, 0) is 9.53 Å². The van der Waals surface area contributed by atoms with Crippen LogP contribution in [0.15, 0.2) is 0 Å². The Kier molecular flexibility index (Phi) is 14.3. The van der Waals surface area contributed by atoms with Gasteiger partial charge in [0.1, 0.15) is 0 Å². The number of hydrogen-bond acceptors (Lipinski definition) is 2.